The SMILES string of the molecule is COc1cccc(-c2cc(C(F)(F)F)n3nc(C(=O)Nc4ccc(S(=O)(=O)Nc5nccs5)cc4)c(Cl)c3n2)c1. The molecular weight excluding hydrogens is 593 g/mol. The number of aromatic nitrogens is 4. The summed E-state index contributed by atoms with van der Waals surface area (Å²) in [6, 6.07) is 12.2. The van der Waals surface area contributed by atoms with Crippen LogP contribution >= 0.6 is 22.9 Å². The van der Waals surface area contributed by atoms with E-state index in [1.54, 1.807) is 23.6 Å². The summed E-state index contributed by atoms with van der Waals surface area (Å²) in [5.74, 6) is -0.520. The van der Waals surface area contributed by atoms with Crippen molar-refractivity contribution in [2.45, 2.75) is 11.1 Å². The highest BCUT2D eigenvalue weighted by Crippen LogP contribution is 2.35. The molecule has 16 heteroatoms. The first-order chi connectivity index (χ1) is 19.0. The fourth-order valence-corrected chi connectivity index (χ4v) is 5.66. The van der Waals surface area contributed by atoms with Crippen LogP contribution in [0, 0.1) is 0 Å². The average molecular weight is 609 g/mol. The molecule has 3 aromatic heterocycles. The van der Waals surface area contributed by atoms with Crippen molar-refractivity contribution >= 4 is 55.3 Å². The zero-order valence-corrected chi connectivity index (χ0v) is 22.5. The summed E-state index contributed by atoms with van der Waals surface area (Å²) in [5, 5.41) is 7.63. The highest BCUT2D eigenvalue weighted by molar-refractivity contribution is 7.93. The third-order valence-electron chi connectivity index (χ3n) is 5.48. The van der Waals surface area contributed by atoms with Gasteiger partial charge in [-0.3, -0.25) is 9.52 Å². The Bertz CT molecular complexity index is 1830. The van der Waals surface area contributed by atoms with E-state index in [9.17, 15) is 26.4 Å². The molecule has 0 radical (unpaired) electrons. The summed E-state index contributed by atoms with van der Waals surface area (Å²) in [4.78, 5) is 21.0. The van der Waals surface area contributed by atoms with Crippen LogP contribution in [0.25, 0.3) is 16.9 Å². The number of amides is 1. The molecule has 0 saturated carbocycles. The third-order valence-corrected chi connectivity index (χ3v) is 8.00. The molecule has 0 spiro atoms. The zero-order valence-electron chi connectivity index (χ0n) is 20.1. The van der Waals surface area contributed by atoms with E-state index < -0.39 is 38.5 Å². The molecule has 3 heterocycles. The lowest BCUT2D eigenvalue weighted by Crippen LogP contribution is -2.16. The topological polar surface area (TPSA) is 128 Å². The van der Waals surface area contributed by atoms with Crippen LogP contribution in [0.3, 0.4) is 0 Å². The second-order valence-corrected chi connectivity index (χ2v) is 11.0. The number of thiazole rings is 1. The van der Waals surface area contributed by atoms with Gasteiger partial charge in [0.15, 0.2) is 22.2 Å². The van der Waals surface area contributed by atoms with Crippen LogP contribution in [0.15, 0.2) is 71.1 Å². The molecule has 206 valence electrons. The van der Waals surface area contributed by atoms with Crippen molar-refractivity contribution in [3.8, 4) is 17.0 Å². The molecule has 0 aliphatic rings. The second kappa shape index (κ2) is 10.4. The molecule has 5 rings (SSSR count). The lowest BCUT2D eigenvalue weighted by Gasteiger charge is -2.11. The number of carbonyl (C=O) groups is 1. The molecule has 2 aromatic carbocycles. The fraction of sp³-hybridized carbons (Fsp3) is 0.0833. The summed E-state index contributed by atoms with van der Waals surface area (Å²) < 4.78 is 74.9. The number of methoxy groups -OCH3 is 1. The normalized spacial score (nSPS) is 11.9. The number of rotatable bonds is 7. The summed E-state index contributed by atoms with van der Waals surface area (Å²) in [5.41, 5.74) is -1.67. The van der Waals surface area contributed by atoms with Gasteiger partial charge in [-0.15, -0.1) is 11.3 Å². The van der Waals surface area contributed by atoms with Gasteiger partial charge in [0.2, 0.25) is 0 Å². The largest absolute Gasteiger partial charge is 0.497 e. The van der Waals surface area contributed by atoms with Gasteiger partial charge in [-0.2, -0.15) is 18.3 Å². The van der Waals surface area contributed by atoms with Crippen molar-refractivity contribution in [1.82, 2.24) is 19.6 Å². The first-order valence-electron chi connectivity index (χ1n) is 11.1. The van der Waals surface area contributed by atoms with E-state index in [2.05, 4.69) is 25.1 Å². The van der Waals surface area contributed by atoms with Crippen molar-refractivity contribution in [3.05, 3.63) is 82.6 Å². The Hall–Kier alpha value is -4.21. The van der Waals surface area contributed by atoms with Gasteiger partial charge in [0.05, 0.1) is 17.7 Å². The summed E-state index contributed by atoms with van der Waals surface area (Å²) in [6.07, 6.45) is -3.41. The Morgan fingerprint density at radius 1 is 1.12 bits per heavy atom. The maximum Gasteiger partial charge on any atom is 0.433 e. The van der Waals surface area contributed by atoms with Gasteiger partial charge in [0.1, 0.15) is 10.8 Å². The van der Waals surface area contributed by atoms with E-state index in [4.69, 9.17) is 16.3 Å². The first-order valence-corrected chi connectivity index (χ1v) is 13.8. The summed E-state index contributed by atoms with van der Waals surface area (Å²) >= 11 is 7.42. The summed E-state index contributed by atoms with van der Waals surface area (Å²) in [7, 11) is -2.51. The van der Waals surface area contributed by atoms with E-state index in [1.165, 1.54) is 43.6 Å². The number of hydrogen-bond donors (Lipinski definition) is 2. The van der Waals surface area contributed by atoms with Crippen LogP contribution in [-0.2, 0) is 16.2 Å². The minimum atomic E-state index is -4.86. The molecule has 0 saturated heterocycles. The van der Waals surface area contributed by atoms with Crippen molar-refractivity contribution in [2.75, 3.05) is 17.1 Å². The molecule has 0 aliphatic carbocycles. The molecule has 40 heavy (non-hydrogen) atoms. The van der Waals surface area contributed by atoms with Crippen LogP contribution in [-0.4, -0.2) is 41.0 Å². The number of nitrogens with zero attached hydrogens (tertiary/aromatic N) is 4. The van der Waals surface area contributed by atoms with Gasteiger partial charge in [0, 0.05) is 22.8 Å². The molecule has 0 bridgehead atoms. The number of sulfonamides is 1. The van der Waals surface area contributed by atoms with Gasteiger partial charge in [-0.25, -0.2) is 22.9 Å². The van der Waals surface area contributed by atoms with Crippen molar-refractivity contribution in [3.63, 3.8) is 0 Å². The van der Waals surface area contributed by atoms with E-state index in [0.717, 1.165) is 17.4 Å². The minimum absolute atomic E-state index is 0.0596. The number of ether oxygens (including phenoxy) is 1. The maximum absolute atomic E-state index is 14.0. The molecule has 1 amide bonds. The van der Waals surface area contributed by atoms with E-state index >= 15 is 0 Å². The smallest absolute Gasteiger partial charge is 0.433 e. The molecule has 2 N–H and O–H groups in total. The lowest BCUT2D eigenvalue weighted by atomic mass is 10.1. The average Bonchev–Trinajstić information content (AvgIpc) is 3.55. The number of benzene rings is 2. The van der Waals surface area contributed by atoms with Crippen LogP contribution in [0.1, 0.15) is 16.2 Å². The van der Waals surface area contributed by atoms with E-state index in [1.807, 2.05) is 0 Å². The molecule has 0 aliphatic heterocycles. The Kier molecular flexibility index (Phi) is 7.12. The Morgan fingerprint density at radius 2 is 1.88 bits per heavy atom. The summed E-state index contributed by atoms with van der Waals surface area (Å²) in [6.45, 7) is 0. The minimum Gasteiger partial charge on any atom is -0.497 e. The van der Waals surface area contributed by atoms with Gasteiger partial charge >= 0.3 is 6.18 Å². The Labute approximate surface area is 233 Å². The Balaban J connectivity index is 1.46. The van der Waals surface area contributed by atoms with Crippen molar-refractivity contribution in [2.24, 2.45) is 0 Å². The van der Waals surface area contributed by atoms with Crippen LogP contribution in [0.2, 0.25) is 5.02 Å². The van der Waals surface area contributed by atoms with Crippen molar-refractivity contribution < 1.29 is 31.1 Å². The number of anilines is 2. The maximum atomic E-state index is 14.0. The number of fused-ring (bicyclic) bond motifs is 1. The third kappa shape index (κ3) is 5.43. The predicted octanol–water partition coefficient (Wildman–Crippen LogP) is 5.59. The Morgan fingerprint density at radius 3 is 2.52 bits per heavy atom. The highest BCUT2D eigenvalue weighted by Gasteiger charge is 2.37. The van der Waals surface area contributed by atoms with Crippen LogP contribution in [0.5, 0.6) is 5.75 Å². The second-order valence-electron chi connectivity index (χ2n) is 8.08. The quantitative estimate of drug-likeness (QED) is 0.247. The van der Waals surface area contributed by atoms with Gasteiger partial charge < -0.3 is 10.1 Å². The fourth-order valence-electron chi connectivity index (χ4n) is 3.62. The number of carbonyl (C=O) groups excluding carboxylic acids is 1. The van der Waals surface area contributed by atoms with Gasteiger partial charge in [-0.05, 0) is 42.5 Å². The molecule has 0 unspecified atom stereocenters. The van der Waals surface area contributed by atoms with Crippen LogP contribution < -0.4 is 14.8 Å². The number of alkyl halides is 3. The molecule has 5 aromatic rings. The molecule has 0 atom stereocenters. The highest BCUT2D eigenvalue weighted by atomic mass is 35.5. The standard InChI is InChI=1S/C24H16ClF3N6O4S2/c1-38-15-4-2-3-13(11-15)17-12-18(24(26,27)28)34-21(31-17)19(25)20(32-34)22(35)30-14-5-7-16(8-6-14)40(36,37)33-23-29-9-10-39-23/h2-12H,1H3,(H,29,33)(H,30,35). The van der Waals surface area contributed by atoms with Gasteiger partial charge in [0.25, 0.3) is 15.9 Å². The van der Waals surface area contributed by atoms with Crippen LogP contribution in [0.4, 0.5) is 24.0 Å². The van der Waals surface area contributed by atoms with Crippen molar-refractivity contribution in [1.29, 1.82) is 0 Å². The molecular formula is C24H16ClF3N6O4S2. The number of nitrogens with one attached hydrogen (secondary N) is 2. The van der Waals surface area contributed by atoms with Gasteiger partial charge in [-0.1, -0.05) is 23.7 Å². The lowest BCUT2D eigenvalue weighted by molar-refractivity contribution is -0.142. The van der Waals surface area contributed by atoms with E-state index in [-0.39, 0.29) is 27.1 Å². The number of hydrogen-bond acceptors (Lipinski definition) is 8. The zero-order chi connectivity index (χ0) is 28.7. The molecule has 0 fully saturated rings. The molecule has 10 nitrogen and oxygen atoms in total. The number of halogens is 4. The first kappa shape index (κ1) is 27.4. The monoisotopic (exact) mass is 608 g/mol. The van der Waals surface area contributed by atoms with E-state index in [0.29, 0.717) is 15.8 Å². The predicted molar refractivity (Wildman–Crippen MR) is 142 cm³/mol.